The van der Waals surface area contributed by atoms with E-state index in [4.69, 9.17) is 0 Å². The molecule has 5 amide bonds. The van der Waals surface area contributed by atoms with Gasteiger partial charge in [0.15, 0.2) is 0 Å². The van der Waals surface area contributed by atoms with Gasteiger partial charge in [-0.3, -0.25) is 19.2 Å². The van der Waals surface area contributed by atoms with Crippen molar-refractivity contribution in [1.82, 2.24) is 26.2 Å². The van der Waals surface area contributed by atoms with Gasteiger partial charge >= 0.3 is 6.03 Å². The molecule has 30 heavy (non-hydrogen) atoms. The number of carbonyl (C=O) groups excluding carboxylic acids is 5. The Hall–Kier alpha value is -2.91. The van der Waals surface area contributed by atoms with Crippen molar-refractivity contribution in [2.45, 2.75) is 46.1 Å². The Morgan fingerprint density at radius 2 is 1.70 bits per heavy atom. The lowest BCUT2D eigenvalue weighted by atomic mass is 9.86. The number of likely N-dealkylation sites (N-methyl/N-ethyl adjacent to an activating group) is 1. The van der Waals surface area contributed by atoms with Gasteiger partial charge in [-0.25, -0.2) is 4.79 Å². The van der Waals surface area contributed by atoms with Crippen LogP contribution in [0.3, 0.4) is 0 Å². The molecule has 0 aromatic carbocycles. The second-order valence-electron chi connectivity index (χ2n) is 7.94. The van der Waals surface area contributed by atoms with Gasteiger partial charge in [-0.2, -0.15) is 0 Å². The van der Waals surface area contributed by atoms with Crippen LogP contribution >= 0.6 is 0 Å². The summed E-state index contributed by atoms with van der Waals surface area (Å²) in [6.07, 6.45) is 2.69. The van der Waals surface area contributed by atoms with Gasteiger partial charge < -0.3 is 26.2 Å². The van der Waals surface area contributed by atoms with Crippen LogP contribution in [0.2, 0.25) is 0 Å². The molecule has 10 heteroatoms. The van der Waals surface area contributed by atoms with E-state index < -0.39 is 29.2 Å². The molecule has 0 aromatic rings. The molecule has 10 nitrogen and oxygen atoms in total. The molecule has 0 aliphatic heterocycles. The molecule has 0 aliphatic carbocycles. The van der Waals surface area contributed by atoms with E-state index in [1.54, 1.807) is 7.05 Å². The fourth-order valence-corrected chi connectivity index (χ4v) is 2.43. The van der Waals surface area contributed by atoms with Crippen molar-refractivity contribution in [3.8, 4) is 0 Å². The lowest BCUT2D eigenvalue weighted by Crippen LogP contribution is -2.55. The number of nitrogens with one attached hydrogen (secondary N) is 4. The highest BCUT2D eigenvalue weighted by Gasteiger charge is 2.34. The third kappa shape index (κ3) is 10.6. The first kappa shape index (κ1) is 27.1. The summed E-state index contributed by atoms with van der Waals surface area (Å²) in [5.41, 5.74) is -0.470. The molecule has 0 saturated heterocycles. The Morgan fingerprint density at radius 3 is 2.23 bits per heavy atom. The highest BCUT2D eigenvalue weighted by molar-refractivity contribution is 6.37. The normalized spacial score (nSPS) is 11.6. The zero-order valence-corrected chi connectivity index (χ0v) is 18.6. The molecular formula is C20H35N5O5. The summed E-state index contributed by atoms with van der Waals surface area (Å²) in [6.45, 7) is 9.25. The average molecular weight is 426 g/mol. The number of carbonyl (C=O) groups is 5. The van der Waals surface area contributed by atoms with Gasteiger partial charge in [0.25, 0.3) is 5.91 Å². The maximum absolute atomic E-state index is 12.7. The van der Waals surface area contributed by atoms with Crippen molar-refractivity contribution in [3.05, 3.63) is 12.7 Å². The molecule has 0 radical (unpaired) electrons. The van der Waals surface area contributed by atoms with Crippen molar-refractivity contribution >= 4 is 29.5 Å². The first-order chi connectivity index (χ1) is 13.9. The molecule has 0 heterocycles. The number of hydrogen-bond acceptors (Lipinski definition) is 5. The number of unbranched alkanes of at least 4 members (excludes halogenated alkanes) is 1. The highest BCUT2D eigenvalue weighted by atomic mass is 16.2. The van der Waals surface area contributed by atoms with E-state index >= 15 is 0 Å². The van der Waals surface area contributed by atoms with Crippen molar-refractivity contribution in [2.75, 3.05) is 33.7 Å². The van der Waals surface area contributed by atoms with Crippen molar-refractivity contribution in [3.63, 3.8) is 0 Å². The van der Waals surface area contributed by atoms with Crippen LogP contribution in [0, 0.1) is 5.41 Å². The number of Topliss-reactive ketones (excluding diaryl/α,β-unsaturated/α-hetero) is 1. The maximum atomic E-state index is 12.7. The third-order valence-corrected chi connectivity index (χ3v) is 4.25. The SMILES string of the molecule is C=CCNC(=O)C(=O)CNC(=O)CCCCN(C)C(=O)C(NC(=O)NC)C(C)(C)C. The molecule has 0 spiro atoms. The second-order valence-corrected chi connectivity index (χ2v) is 7.94. The molecular weight excluding hydrogens is 390 g/mol. The van der Waals surface area contributed by atoms with Crippen LogP contribution in [0.5, 0.6) is 0 Å². The minimum atomic E-state index is -0.769. The monoisotopic (exact) mass is 425 g/mol. The average Bonchev–Trinajstić information content (AvgIpc) is 2.69. The molecule has 4 N–H and O–H groups in total. The fourth-order valence-electron chi connectivity index (χ4n) is 2.43. The summed E-state index contributed by atoms with van der Waals surface area (Å²) in [6, 6.07) is -1.12. The number of ketones is 1. The quantitative estimate of drug-likeness (QED) is 0.197. The number of urea groups is 1. The Bertz CT molecular complexity index is 642. The van der Waals surface area contributed by atoms with Crippen LogP contribution in [0.15, 0.2) is 12.7 Å². The van der Waals surface area contributed by atoms with Crippen LogP contribution in [0.1, 0.15) is 40.0 Å². The van der Waals surface area contributed by atoms with Gasteiger partial charge in [-0.15, -0.1) is 6.58 Å². The van der Waals surface area contributed by atoms with E-state index in [0.717, 1.165) is 0 Å². The lowest BCUT2D eigenvalue weighted by Gasteiger charge is -2.33. The number of nitrogens with zero attached hydrogens (tertiary/aromatic N) is 1. The smallest absolute Gasteiger partial charge is 0.315 e. The molecule has 1 atom stereocenters. The van der Waals surface area contributed by atoms with Gasteiger partial charge in [0, 0.05) is 33.6 Å². The minimum absolute atomic E-state index is 0.169. The summed E-state index contributed by atoms with van der Waals surface area (Å²) in [5, 5.41) is 9.86. The standard InChI is InChI=1S/C20H35N5O5/c1-7-11-22-17(28)14(26)13-23-15(27)10-8-9-12-25(6)18(29)16(20(2,3)4)24-19(30)21-5/h7,16H,1,8-13H2,2-6H3,(H,22,28)(H,23,27)(H2,21,24,30). The van der Waals surface area contributed by atoms with Crippen molar-refractivity contribution in [2.24, 2.45) is 5.41 Å². The van der Waals surface area contributed by atoms with Gasteiger partial charge in [-0.1, -0.05) is 26.8 Å². The molecule has 170 valence electrons. The Kier molecular flexibility index (Phi) is 12.0. The van der Waals surface area contributed by atoms with Crippen LogP contribution in [0.25, 0.3) is 0 Å². The third-order valence-electron chi connectivity index (χ3n) is 4.25. The first-order valence-corrected chi connectivity index (χ1v) is 9.85. The van der Waals surface area contributed by atoms with E-state index in [0.29, 0.717) is 19.4 Å². The lowest BCUT2D eigenvalue weighted by molar-refractivity contribution is -0.137. The summed E-state index contributed by atoms with van der Waals surface area (Å²) < 4.78 is 0. The van der Waals surface area contributed by atoms with E-state index in [1.165, 1.54) is 18.0 Å². The highest BCUT2D eigenvalue weighted by Crippen LogP contribution is 2.21. The van der Waals surface area contributed by atoms with Gasteiger partial charge in [0.05, 0.1) is 6.54 Å². The molecule has 0 saturated carbocycles. The number of amides is 5. The Balaban J connectivity index is 4.34. The van der Waals surface area contributed by atoms with Gasteiger partial charge in [0.1, 0.15) is 6.04 Å². The van der Waals surface area contributed by atoms with E-state index in [-0.39, 0.29) is 31.3 Å². The van der Waals surface area contributed by atoms with Crippen LogP contribution in [0.4, 0.5) is 4.79 Å². The molecule has 0 bridgehead atoms. The van der Waals surface area contributed by atoms with E-state index in [9.17, 15) is 24.0 Å². The number of rotatable bonds is 12. The largest absolute Gasteiger partial charge is 0.348 e. The molecule has 1 unspecified atom stereocenters. The summed E-state index contributed by atoms with van der Waals surface area (Å²) in [7, 11) is 3.13. The predicted octanol–water partition coefficient (Wildman–Crippen LogP) is -0.0537. The Morgan fingerprint density at radius 1 is 1.07 bits per heavy atom. The fraction of sp³-hybridized carbons (Fsp3) is 0.650. The Labute approximate surface area is 178 Å². The van der Waals surface area contributed by atoms with E-state index in [2.05, 4.69) is 27.8 Å². The van der Waals surface area contributed by atoms with Crippen LogP contribution in [-0.4, -0.2) is 74.2 Å². The zero-order valence-electron chi connectivity index (χ0n) is 18.6. The predicted molar refractivity (Wildman–Crippen MR) is 114 cm³/mol. The van der Waals surface area contributed by atoms with Gasteiger partial charge in [0.2, 0.25) is 17.6 Å². The topological polar surface area (TPSA) is 137 Å². The van der Waals surface area contributed by atoms with Crippen molar-refractivity contribution < 1.29 is 24.0 Å². The maximum Gasteiger partial charge on any atom is 0.315 e. The summed E-state index contributed by atoms with van der Waals surface area (Å²) >= 11 is 0. The van der Waals surface area contributed by atoms with Gasteiger partial charge in [-0.05, 0) is 18.3 Å². The zero-order chi connectivity index (χ0) is 23.3. The molecule has 0 aliphatic rings. The summed E-state index contributed by atoms with van der Waals surface area (Å²) in [5.74, 6) is -2.06. The van der Waals surface area contributed by atoms with Crippen LogP contribution < -0.4 is 21.3 Å². The molecule has 0 fully saturated rings. The van der Waals surface area contributed by atoms with E-state index in [1.807, 2.05) is 20.8 Å². The molecule has 0 aromatic heterocycles. The summed E-state index contributed by atoms with van der Waals surface area (Å²) in [4.78, 5) is 60.6. The van der Waals surface area contributed by atoms with Crippen molar-refractivity contribution in [1.29, 1.82) is 0 Å². The second kappa shape index (κ2) is 13.3. The first-order valence-electron chi connectivity index (χ1n) is 9.85. The molecule has 0 rings (SSSR count). The van der Waals surface area contributed by atoms with Crippen LogP contribution in [-0.2, 0) is 19.2 Å². The minimum Gasteiger partial charge on any atom is -0.348 e. The number of hydrogen-bond donors (Lipinski definition) is 4.